The fourth-order valence-corrected chi connectivity index (χ4v) is 1.55. The van der Waals surface area contributed by atoms with Crippen molar-refractivity contribution in [3.05, 3.63) is 0 Å². The van der Waals surface area contributed by atoms with Gasteiger partial charge >= 0.3 is 0 Å². The molecule has 1 aliphatic rings. The average Bonchev–Trinajstić information content (AvgIpc) is 2.67. The molecule has 4 nitrogen and oxygen atoms in total. The van der Waals surface area contributed by atoms with Gasteiger partial charge in [0.05, 0.1) is 32.0 Å². The molecule has 1 saturated heterocycles. The molecule has 0 amide bonds. The fourth-order valence-electron chi connectivity index (χ4n) is 1.55. The summed E-state index contributed by atoms with van der Waals surface area (Å²) in [4.78, 5) is 0. The highest BCUT2D eigenvalue weighted by molar-refractivity contribution is 4.68. The van der Waals surface area contributed by atoms with Crippen molar-refractivity contribution >= 4 is 0 Å². The molecule has 0 aromatic rings. The van der Waals surface area contributed by atoms with Crippen molar-refractivity contribution < 1.29 is 14.2 Å². The van der Waals surface area contributed by atoms with Crippen LogP contribution in [0.4, 0.5) is 0 Å². The molecule has 1 fully saturated rings. The van der Waals surface area contributed by atoms with Crippen LogP contribution in [0.3, 0.4) is 0 Å². The third-order valence-corrected chi connectivity index (χ3v) is 2.28. The Morgan fingerprint density at radius 1 is 1.50 bits per heavy atom. The summed E-state index contributed by atoms with van der Waals surface area (Å²) in [7, 11) is 1.71. The van der Waals surface area contributed by atoms with Gasteiger partial charge in [0.2, 0.25) is 0 Å². The van der Waals surface area contributed by atoms with Crippen LogP contribution in [0.2, 0.25) is 0 Å². The zero-order valence-corrected chi connectivity index (χ0v) is 9.12. The molecule has 1 aliphatic heterocycles. The number of hydrogen-bond donors (Lipinski definition) is 1. The Morgan fingerprint density at radius 3 is 2.93 bits per heavy atom. The molecule has 0 spiro atoms. The summed E-state index contributed by atoms with van der Waals surface area (Å²) in [6, 6.07) is 0.297. The van der Waals surface area contributed by atoms with Crippen molar-refractivity contribution in [3.63, 3.8) is 0 Å². The predicted octanol–water partition coefficient (Wildman–Crippen LogP) is 0.416. The van der Waals surface area contributed by atoms with E-state index in [1.165, 1.54) is 0 Å². The number of methoxy groups -OCH3 is 1. The molecule has 0 aromatic carbocycles. The second-order valence-corrected chi connectivity index (χ2v) is 3.53. The lowest BCUT2D eigenvalue weighted by atomic mass is 10.3. The first-order valence-electron chi connectivity index (χ1n) is 5.28. The van der Waals surface area contributed by atoms with E-state index in [-0.39, 0.29) is 6.10 Å². The van der Waals surface area contributed by atoms with Gasteiger partial charge in [-0.3, -0.25) is 0 Å². The Labute approximate surface area is 85.9 Å². The summed E-state index contributed by atoms with van der Waals surface area (Å²) in [5.74, 6) is 0. The maximum atomic E-state index is 5.70. The van der Waals surface area contributed by atoms with Crippen molar-refractivity contribution in [2.75, 3.05) is 40.1 Å². The molecule has 2 atom stereocenters. The van der Waals surface area contributed by atoms with Gasteiger partial charge in [-0.2, -0.15) is 0 Å². The summed E-state index contributed by atoms with van der Waals surface area (Å²) in [5.41, 5.74) is 0. The second kappa shape index (κ2) is 7.17. The summed E-state index contributed by atoms with van der Waals surface area (Å²) in [5, 5.41) is 3.32. The molecule has 4 heteroatoms. The normalized spacial score (nSPS) is 24.0. The molecule has 0 aromatic heterocycles. The van der Waals surface area contributed by atoms with Crippen LogP contribution in [-0.2, 0) is 14.2 Å². The van der Waals surface area contributed by atoms with E-state index in [4.69, 9.17) is 14.2 Å². The van der Waals surface area contributed by atoms with Gasteiger partial charge in [0.15, 0.2) is 0 Å². The number of likely N-dealkylation sites (N-methyl/N-ethyl adjacent to an activating group) is 1. The second-order valence-electron chi connectivity index (χ2n) is 3.53. The Morgan fingerprint density at radius 2 is 2.36 bits per heavy atom. The Balaban J connectivity index is 2.10. The molecular weight excluding hydrogens is 182 g/mol. The van der Waals surface area contributed by atoms with E-state index in [1.54, 1.807) is 7.11 Å². The zero-order chi connectivity index (χ0) is 10.2. The highest BCUT2D eigenvalue weighted by Gasteiger charge is 2.17. The summed E-state index contributed by atoms with van der Waals surface area (Å²) in [6.45, 7) is 6.00. The first-order chi connectivity index (χ1) is 6.86. The van der Waals surface area contributed by atoms with E-state index in [2.05, 4.69) is 12.2 Å². The van der Waals surface area contributed by atoms with Gasteiger partial charge in [-0.25, -0.2) is 0 Å². The number of nitrogens with one attached hydrogen (secondary N) is 1. The minimum Gasteiger partial charge on any atom is -0.383 e. The van der Waals surface area contributed by atoms with Gasteiger partial charge in [0, 0.05) is 13.7 Å². The standard InChI is InChI=1S/C10H21NO3/c1-3-11-9(6-12-2)7-14-10-4-5-13-8-10/h9-11H,3-8H2,1-2H3. The third-order valence-electron chi connectivity index (χ3n) is 2.28. The van der Waals surface area contributed by atoms with Gasteiger partial charge in [-0.05, 0) is 13.0 Å². The maximum Gasteiger partial charge on any atom is 0.0831 e. The molecule has 0 aliphatic carbocycles. The van der Waals surface area contributed by atoms with Crippen LogP contribution in [0.15, 0.2) is 0 Å². The molecule has 0 saturated carbocycles. The van der Waals surface area contributed by atoms with Crippen LogP contribution in [0.25, 0.3) is 0 Å². The molecule has 1 N–H and O–H groups in total. The Kier molecular flexibility index (Phi) is 6.10. The Hall–Kier alpha value is -0.160. The van der Waals surface area contributed by atoms with E-state index >= 15 is 0 Å². The topological polar surface area (TPSA) is 39.7 Å². The van der Waals surface area contributed by atoms with Crippen LogP contribution >= 0.6 is 0 Å². The first kappa shape index (κ1) is 11.9. The average molecular weight is 203 g/mol. The summed E-state index contributed by atoms with van der Waals surface area (Å²) < 4.78 is 16.0. The van der Waals surface area contributed by atoms with Crippen molar-refractivity contribution in [1.82, 2.24) is 5.32 Å². The quantitative estimate of drug-likeness (QED) is 0.651. The highest BCUT2D eigenvalue weighted by atomic mass is 16.5. The highest BCUT2D eigenvalue weighted by Crippen LogP contribution is 2.08. The van der Waals surface area contributed by atoms with Crippen LogP contribution < -0.4 is 5.32 Å². The molecule has 0 bridgehead atoms. The van der Waals surface area contributed by atoms with Crippen LogP contribution in [0.5, 0.6) is 0 Å². The molecule has 14 heavy (non-hydrogen) atoms. The largest absolute Gasteiger partial charge is 0.383 e. The maximum absolute atomic E-state index is 5.70. The summed E-state index contributed by atoms with van der Waals surface area (Å²) in [6.07, 6.45) is 1.30. The number of hydrogen-bond acceptors (Lipinski definition) is 4. The third kappa shape index (κ3) is 4.37. The molecule has 2 unspecified atom stereocenters. The summed E-state index contributed by atoms with van der Waals surface area (Å²) >= 11 is 0. The van der Waals surface area contributed by atoms with E-state index in [9.17, 15) is 0 Å². The van der Waals surface area contributed by atoms with Gasteiger partial charge in [0.1, 0.15) is 0 Å². The van der Waals surface area contributed by atoms with E-state index in [0.717, 1.165) is 26.2 Å². The van der Waals surface area contributed by atoms with Crippen molar-refractivity contribution in [2.24, 2.45) is 0 Å². The monoisotopic (exact) mass is 203 g/mol. The van der Waals surface area contributed by atoms with Crippen LogP contribution in [0.1, 0.15) is 13.3 Å². The van der Waals surface area contributed by atoms with Crippen molar-refractivity contribution in [2.45, 2.75) is 25.5 Å². The smallest absolute Gasteiger partial charge is 0.0831 e. The zero-order valence-electron chi connectivity index (χ0n) is 9.12. The number of rotatable bonds is 7. The lowest BCUT2D eigenvalue weighted by Gasteiger charge is -2.19. The Bertz CT molecular complexity index is 131. The van der Waals surface area contributed by atoms with E-state index < -0.39 is 0 Å². The van der Waals surface area contributed by atoms with Crippen molar-refractivity contribution in [1.29, 1.82) is 0 Å². The van der Waals surface area contributed by atoms with E-state index in [1.807, 2.05) is 0 Å². The minimum atomic E-state index is 0.285. The van der Waals surface area contributed by atoms with Crippen LogP contribution in [0, 0.1) is 0 Å². The van der Waals surface area contributed by atoms with Gasteiger partial charge in [0.25, 0.3) is 0 Å². The van der Waals surface area contributed by atoms with Gasteiger partial charge in [-0.1, -0.05) is 6.92 Å². The molecular formula is C10H21NO3. The SMILES string of the molecule is CCNC(COC)COC1CCOC1. The fraction of sp³-hybridized carbons (Fsp3) is 1.00. The van der Waals surface area contributed by atoms with Gasteiger partial charge < -0.3 is 19.5 Å². The predicted molar refractivity (Wildman–Crippen MR) is 54.5 cm³/mol. The van der Waals surface area contributed by atoms with Crippen molar-refractivity contribution in [3.8, 4) is 0 Å². The lowest BCUT2D eigenvalue weighted by Crippen LogP contribution is -2.38. The molecule has 1 rings (SSSR count). The minimum absolute atomic E-state index is 0.285. The number of ether oxygens (including phenoxy) is 3. The molecule has 0 radical (unpaired) electrons. The van der Waals surface area contributed by atoms with Crippen LogP contribution in [-0.4, -0.2) is 52.2 Å². The molecule has 1 heterocycles. The molecule has 84 valence electrons. The lowest BCUT2D eigenvalue weighted by molar-refractivity contribution is 0.0159. The van der Waals surface area contributed by atoms with Gasteiger partial charge in [-0.15, -0.1) is 0 Å². The van der Waals surface area contributed by atoms with E-state index in [0.29, 0.717) is 19.3 Å². The first-order valence-corrected chi connectivity index (χ1v) is 5.28.